The highest BCUT2D eigenvalue weighted by molar-refractivity contribution is 7.15. The Kier molecular flexibility index (Phi) is 3.30. The number of amides is 3. The van der Waals surface area contributed by atoms with E-state index < -0.39 is 5.54 Å². The van der Waals surface area contributed by atoms with E-state index in [9.17, 15) is 9.59 Å². The standard InChI is InChI=1S/C11H16N6O2S/c12-14-9-16-15-7(20-9)6-17-8(18)11(13-10(17)19)4-2-1-3-5-11/h1-6,12H2,(H,13,19)(H,14,16). The lowest BCUT2D eigenvalue weighted by molar-refractivity contribution is -0.132. The first-order valence-corrected chi connectivity index (χ1v) is 7.39. The second-order valence-electron chi connectivity index (χ2n) is 5.11. The summed E-state index contributed by atoms with van der Waals surface area (Å²) in [5, 5.41) is 11.6. The molecule has 0 atom stereocenters. The van der Waals surface area contributed by atoms with Crippen LogP contribution in [-0.4, -0.2) is 32.6 Å². The molecular formula is C11H16N6O2S. The lowest BCUT2D eigenvalue weighted by atomic mass is 9.82. The van der Waals surface area contributed by atoms with Gasteiger partial charge >= 0.3 is 6.03 Å². The van der Waals surface area contributed by atoms with Crippen molar-refractivity contribution >= 4 is 28.4 Å². The first kappa shape index (κ1) is 13.3. The van der Waals surface area contributed by atoms with E-state index >= 15 is 0 Å². The number of hydrazine groups is 1. The van der Waals surface area contributed by atoms with Gasteiger partial charge < -0.3 is 5.32 Å². The van der Waals surface area contributed by atoms with E-state index in [0.29, 0.717) is 10.1 Å². The number of rotatable bonds is 3. The number of nitrogens with zero attached hydrogens (tertiary/aromatic N) is 3. The van der Waals surface area contributed by atoms with Crippen molar-refractivity contribution in [3.05, 3.63) is 5.01 Å². The van der Waals surface area contributed by atoms with Crippen LogP contribution in [0.15, 0.2) is 0 Å². The maximum Gasteiger partial charge on any atom is 0.325 e. The van der Waals surface area contributed by atoms with E-state index in [0.717, 1.165) is 32.1 Å². The Morgan fingerprint density at radius 2 is 2.05 bits per heavy atom. The number of aromatic nitrogens is 2. The van der Waals surface area contributed by atoms with Crippen LogP contribution in [0.4, 0.5) is 9.93 Å². The van der Waals surface area contributed by atoms with Crippen LogP contribution in [0.1, 0.15) is 37.1 Å². The van der Waals surface area contributed by atoms with Crippen molar-refractivity contribution in [2.75, 3.05) is 5.43 Å². The molecule has 1 aromatic rings. The molecule has 9 heteroatoms. The average molecular weight is 296 g/mol. The molecule has 3 amide bonds. The van der Waals surface area contributed by atoms with Gasteiger partial charge in [-0.05, 0) is 12.8 Å². The van der Waals surface area contributed by atoms with E-state index in [1.807, 2.05) is 0 Å². The molecule has 8 nitrogen and oxygen atoms in total. The summed E-state index contributed by atoms with van der Waals surface area (Å²) in [6.07, 6.45) is 4.51. The smallest absolute Gasteiger partial charge is 0.323 e. The van der Waals surface area contributed by atoms with Crippen molar-refractivity contribution in [1.29, 1.82) is 0 Å². The third-order valence-corrected chi connectivity index (χ3v) is 4.68. The highest BCUT2D eigenvalue weighted by Crippen LogP contribution is 2.34. The molecule has 0 radical (unpaired) electrons. The first-order valence-electron chi connectivity index (χ1n) is 6.58. The maximum absolute atomic E-state index is 12.5. The number of imide groups is 1. The molecule has 0 unspecified atom stereocenters. The minimum atomic E-state index is -0.686. The topological polar surface area (TPSA) is 113 Å². The number of hydrogen-bond acceptors (Lipinski definition) is 7. The van der Waals surface area contributed by atoms with Gasteiger partial charge in [-0.1, -0.05) is 30.6 Å². The zero-order valence-corrected chi connectivity index (χ0v) is 11.7. The summed E-state index contributed by atoms with van der Waals surface area (Å²) in [7, 11) is 0. The monoisotopic (exact) mass is 296 g/mol. The number of nitrogens with two attached hydrogens (primary N) is 1. The van der Waals surface area contributed by atoms with E-state index in [-0.39, 0.29) is 18.5 Å². The van der Waals surface area contributed by atoms with Gasteiger partial charge in [-0.3, -0.25) is 15.1 Å². The predicted octanol–water partition coefficient (Wildman–Crippen LogP) is 0.578. The normalized spacial score (nSPS) is 21.4. The summed E-state index contributed by atoms with van der Waals surface area (Å²) in [6.45, 7) is 0.145. The Hall–Kier alpha value is -1.74. The van der Waals surface area contributed by atoms with Crippen molar-refractivity contribution in [2.45, 2.75) is 44.2 Å². The molecule has 1 aliphatic carbocycles. The highest BCUT2D eigenvalue weighted by Gasteiger charge is 2.51. The average Bonchev–Trinajstić information content (AvgIpc) is 3.00. The lowest BCUT2D eigenvalue weighted by Gasteiger charge is -2.30. The SMILES string of the molecule is NNc1nnc(CN2C(=O)NC3(CCCCC3)C2=O)s1. The fraction of sp³-hybridized carbons (Fsp3) is 0.636. The molecular weight excluding hydrogens is 280 g/mol. The van der Waals surface area contributed by atoms with Gasteiger partial charge in [-0.2, -0.15) is 0 Å². The Labute approximate surface area is 119 Å². The van der Waals surface area contributed by atoms with E-state index in [4.69, 9.17) is 5.84 Å². The molecule has 20 heavy (non-hydrogen) atoms. The molecule has 4 N–H and O–H groups in total. The van der Waals surface area contributed by atoms with Crippen molar-refractivity contribution in [3.8, 4) is 0 Å². The predicted molar refractivity (Wildman–Crippen MR) is 72.6 cm³/mol. The largest absolute Gasteiger partial charge is 0.325 e. The number of urea groups is 1. The second kappa shape index (κ2) is 4.98. The summed E-state index contributed by atoms with van der Waals surface area (Å²) in [4.78, 5) is 25.8. The van der Waals surface area contributed by atoms with Crippen molar-refractivity contribution in [1.82, 2.24) is 20.4 Å². The summed E-state index contributed by atoms with van der Waals surface area (Å²) in [5.41, 5.74) is 1.71. The Morgan fingerprint density at radius 3 is 2.70 bits per heavy atom. The summed E-state index contributed by atoms with van der Waals surface area (Å²) in [6, 6.07) is -0.339. The van der Waals surface area contributed by atoms with Gasteiger partial charge in [0, 0.05) is 0 Å². The molecule has 108 valence electrons. The van der Waals surface area contributed by atoms with E-state index in [2.05, 4.69) is 20.9 Å². The van der Waals surface area contributed by atoms with Crippen LogP contribution in [0.25, 0.3) is 0 Å². The number of nitrogen functional groups attached to an aromatic ring is 1. The molecule has 1 saturated carbocycles. The van der Waals surface area contributed by atoms with Gasteiger partial charge in [0.2, 0.25) is 5.13 Å². The van der Waals surface area contributed by atoms with Gasteiger partial charge in [-0.15, -0.1) is 10.2 Å². The number of nitrogens with one attached hydrogen (secondary N) is 2. The van der Waals surface area contributed by atoms with Crippen LogP contribution in [-0.2, 0) is 11.3 Å². The molecule has 0 bridgehead atoms. The molecule has 2 heterocycles. The van der Waals surface area contributed by atoms with Gasteiger partial charge in [0.1, 0.15) is 10.5 Å². The first-order chi connectivity index (χ1) is 9.64. The molecule has 1 spiro atoms. The quantitative estimate of drug-likeness (QED) is 0.427. The van der Waals surface area contributed by atoms with Crippen molar-refractivity contribution in [3.63, 3.8) is 0 Å². The Morgan fingerprint density at radius 1 is 1.30 bits per heavy atom. The van der Waals surface area contributed by atoms with Crippen LogP contribution < -0.4 is 16.6 Å². The minimum Gasteiger partial charge on any atom is -0.323 e. The fourth-order valence-corrected chi connectivity index (χ4v) is 3.46. The van der Waals surface area contributed by atoms with Crippen LogP contribution in [0, 0.1) is 0 Å². The van der Waals surface area contributed by atoms with Gasteiger partial charge in [-0.25, -0.2) is 10.6 Å². The van der Waals surface area contributed by atoms with Gasteiger partial charge in [0.25, 0.3) is 5.91 Å². The Balaban J connectivity index is 1.76. The van der Waals surface area contributed by atoms with Crippen molar-refractivity contribution < 1.29 is 9.59 Å². The molecule has 0 aromatic carbocycles. The number of hydrogen-bond donors (Lipinski definition) is 3. The molecule has 2 fully saturated rings. The summed E-state index contributed by atoms with van der Waals surface area (Å²) < 4.78 is 0. The second-order valence-corrected chi connectivity index (χ2v) is 6.17. The molecule has 1 aromatic heterocycles. The minimum absolute atomic E-state index is 0.139. The van der Waals surface area contributed by atoms with Crippen LogP contribution in [0.5, 0.6) is 0 Å². The molecule has 3 rings (SSSR count). The third-order valence-electron chi connectivity index (χ3n) is 3.84. The van der Waals surface area contributed by atoms with Gasteiger partial charge in [0.05, 0.1) is 6.54 Å². The lowest BCUT2D eigenvalue weighted by Crippen LogP contribution is -2.48. The number of anilines is 1. The van der Waals surface area contributed by atoms with Crippen LogP contribution in [0.3, 0.4) is 0 Å². The number of carbonyl (C=O) groups is 2. The highest BCUT2D eigenvalue weighted by atomic mass is 32.1. The van der Waals surface area contributed by atoms with Crippen LogP contribution >= 0.6 is 11.3 Å². The molecule has 2 aliphatic rings. The molecule has 1 saturated heterocycles. The summed E-state index contributed by atoms with van der Waals surface area (Å²) in [5.74, 6) is 5.10. The van der Waals surface area contributed by atoms with Crippen molar-refractivity contribution in [2.24, 2.45) is 5.84 Å². The van der Waals surface area contributed by atoms with E-state index in [1.165, 1.54) is 16.2 Å². The maximum atomic E-state index is 12.5. The number of carbonyl (C=O) groups excluding carboxylic acids is 2. The zero-order valence-electron chi connectivity index (χ0n) is 10.9. The zero-order chi connectivity index (χ0) is 14.2. The van der Waals surface area contributed by atoms with E-state index in [1.54, 1.807) is 0 Å². The molecule has 1 aliphatic heterocycles. The summed E-state index contributed by atoms with van der Waals surface area (Å²) >= 11 is 1.23. The third kappa shape index (κ3) is 2.12. The van der Waals surface area contributed by atoms with Gasteiger partial charge in [0.15, 0.2) is 0 Å². The van der Waals surface area contributed by atoms with Crippen LogP contribution in [0.2, 0.25) is 0 Å². The Bertz CT molecular complexity index is 539. The fourth-order valence-electron chi connectivity index (χ4n) is 2.83.